The Bertz CT molecular complexity index is 589. The van der Waals surface area contributed by atoms with Crippen molar-refractivity contribution in [3.05, 3.63) is 34.9 Å². The lowest BCUT2D eigenvalue weighted by Crippen LogP contribution is -2.51. The summed E-state index contributed by atoms with van der Waals surface area (Å²) in [6.07, 6.45) is 0.934. The molecule has 20 heavy (non-hydrogen) atoms. The maximum Gasteiger partial charge on any atom is 0.246 e. The Balaban J connectivity index is 2.01. The SMILES string of the molecule is Cc1cc(C#N)ccc1CNC1CCC(=O)N(C)C1=O. The number of nitriles is 1. The predicted molar refractivity (Wildman–Crippen MR) is 73.5 cm³/mol. The number of likely N-dealkylation sites (N-methyl/N-ethyl adjacent to an activating group) is 1. The number of nitrogens with one attached hydrogen (secondary N) is 1. The molecule has 0 spiro atoms. The normalized spacial score (nSPS) is 19.1. The van der Waals surface area contributed by atoms with Gasteiger partial charge in [0.25, 0.3) is 0 Å². The fraction of sp³-hybridized carbons (Fsp3) is 0.400. The van der Waals surface area contributed by atoms with Crippen molar-refractivity contribution >= 4 is 11.8 Å². The molecular formula is C15H17N3O2. The number of hydrogen-bond acceptors (Lipinski definition) is 4. The molecule has 0 aliphatic carbocycles. The average Bonchev–Trinajstić information content (AvgIpc) is 2.45. The number of rotatable bonds is 3. The lowest BCUT2D eigenvalue weighted by molar-refractivity contribution is -0.148. The fourth-order valence-corrected chi connectivity index (χ4v) is 2.30. The second-order valence-electron chi connectivity index (χ2n) is 5.02. The molecular weight excluding hydrogens is 254 g/mol. The summed E-state index contributed by atoms with van der Waals surface area (Å²) in [5, 5.41) is 12.0. The summed E-state index contributed by atoms with van der Waals surface area (Å²) < 4.78 is 0. The van der Waals surface area contributed by atoms with E-state index in [1.807, 2.05) is 19.1 Å². The maximum absolute atomic E-state index is 11.9. The highest BCUT2D eigenvalue weighted by Gasteiger charge is 2.31. The van der Waals surface area contributed by atoms with Gasteiger partial charge in [0, 0.05) is 20.0 Å². The van der Waals surface area contributed by atoms with E-state index in [2.05, 4.69) is 11.4 Å². The highest BCUT2D eigenvalue weighted by atomic mass is 16.2. The van der Waals surface area contributed by atoms with E-state index < -0.39 is 0 Å². The van der Waals surface area contributed by atoms with E-state index in [0.29, 0.717) is 24.9 Å². The third-order valence-electron chi connectivity index (χ3n) is 3.66. The number of aryl methyl sites for hydroxylation is 1. The number of imide groups is 1. The van der Waals surface area contributed by atoms with Crippen LogP contribution < -0.4 is 5.32 Å². The molecule has 5 nitrogen and oxygen atoms in total. The summed E-state index contributed by atoms with van der Waals surface area (Å²) in [4.78, 5) is 24.5. The van der Waals surface area contributed by atoms with Crippen LogP contribution in [0.15, 0.2) is 18.2 Å². The molecule has 5 heteroatoms. The van der Waals surface area contributed by atoms with Crippen LogP contribution in [0.1, 0.15) is 29.5 Å². The molecule has 1 atom stereocenters. The predicted octanol–water partition coefficient (Wildman–Crippen LogP) is 1.10. The molecule has 0 bridgehead atoms. The standard InChI is InChI=1S/C15H17N3O2/c1-10-7-11(8-16)3-4-12(10)9-17-13-5-6-14(19)18(2)15(13)20/h3-4,7,13,17H,5-6,9H2,1-2H3. The molecule has 1 aromatic carbocycles. The minimum absolute atomic E-state index is 0.123. The number of hydrogen-bond donors (Lipinski definition) is 1. The Hall–Kier alpha value is -2.19. The van der Waals surface area contributed by atoms with Gasteiger partial charge in [-0.05, 0) is 36.6 Å². The van der Waals surface area contributed by atoms with Gasteiger partial charge in [0.15, 0.2) is 0 Å². The Kier molecular flexibility index (Phi) is 4.16. The zero-order valence-electron chi connectivity index (χ0n) is 11.6. The Morgan fingerprint density at radius 1 is 1.45 bits per heavy atom. The van der Waals surface area contributed by atoms with Crippen LogP contribution in [0.2, 0.25) is 0 Å². The van der Waals surface area contributed by atoms with Crippen molar-refractivity contribution in [2.75, 3.05) is 7.05 Å². The maximum atomic E-state index is 11.9. The number of carbonyl (C=O) groups excluding carboxylic acids is 2. The molecule has 0 radical (unpaired) electrons. The molecule has 1 fully saturated rings. The molecule has 1 unspecified atom stereocenters. The van der Waals surface area contributed by atoms with Crippen LogP contribution in [-0.2, 0) is 16.1 Å². The summed E-state index contributed by atoms with van der Waals surface area (Å²) in [7, 11) is 1.52. The van der Waals surface area contributed by atoms with Crippen LogP contribution in [-0.4, -0.2) is 29.8 Å². The van der Waals surface area contributed by atoms with Crippen molar-refractivity contribution in [1.29, 1.82) is 5.26 Å². The smallest absolute Gasteiger partial charge is 0.246 e. The molecule has 2 rings (SSSR count). The van der Waals surface area contributed by atoms with Gasteiger partial charge in [0.05, 0.1) is 17.7 Å². The fourth-order valence-electron chi connectivity index (χ4n) is 2.30. The molecule has 1 aliphatic heterocycles. The molecule has 1 N–H and O–H groups in total. The summed E-state index contributed by atoms with van der Waals surface area (Å²) in [5.74, 6) is -0.296. The van der Waals surface area contributed by atoms with Crippen LogP contribution in [0.5, 0.6) is 0 Å². The molecule has 0 saturated carbocycles. The van der Waals surface area contributed by atoms with Crippen molar-refractivity contribution in [3.63, 3.8) is 0 Å². The first kappa shape index (κ1) is 14.2. The van der Waals surface area contributed by atoms with Gasteiger partial charge in [-0.15, -0.1) is 0 Å². The van der Waals surface area contributed by atoms with Gasteiger partial charge in [0.1, 0.15) is 0 Å². The van der Waals surface area contributed by atoms with Crippen molar-refractivity contribution < 1.29 is 9.59 Å². The number of nitrogens with zero attached hydrogens (tertiary/aromatic N) is 2. The third kappa shape index (κ3) is 2.86. The largest absolute Gasteiger partial charge is 0.302 e. The van der Waals surface area contributed by atoms with E-state index in [0.717, 1.165) is 11.1 Å². The first-order valence-electron chi connectivity index (χ1n) is 6.56. The van der Waals surface area contributed by atoms with Gasteiger partial charge >= 0.3 is 0 Å². The van der Waals surface area contributed by atoms with Gasteiger partial charge in [0.2, 0.25) is 11.8 Å². The molecule has 104 valence electrons. The van der Waals surface area contributed by atoms with E-state index in [4.69, 9.17) is 5.26 Å². The number of benzene rings is 1. The van der Waals surface area contributed by atoms with Crippen molar-refractivity contribution in [2.45, 2.75) is 32.4 Å². The second-order valence-corrected chi connectivity index (χ2v) is 5.02. The summed E-state index contributed by atoms with van der Waals surface area (Å²) in [5.41, 5.74) is 2.70. The first-order valence-corrected chi connectivity index (χ1v) is 6.56. The number of piperidine rings is 1. The zero-order valence-corrected chi connectivity index (χ0v) is 11.6. The minimum Gasteiger partial charge on any atom is -0.302 e. The summed E-state index contributed by atoms with van der Waals surface area (Å²) in [6.45, 7) is 2.49. The number of carbonyl (C=O) groups is 2. The van der Waals surface area contributed by atoms with Gasteiger partial charge in [-0.25, -0.2) is 0 Å². The van der Waals surface area contributed by atoms with E-state index in [-0.39, 0.29) is 17.9 Å². The molecule has 1 heterocycles. The highest BCUT2D eigenvalue weighted by Crippen LogP contribution is 2.14. The minimum atomic E-state index is -0.312. The van der Waals surface area contributed by atoms with Gasteiger partial charge in [-0.2, -0.15) is 5.26 Å². The van der Waals surface area contributed by atoms with E-state index in [9.17, 15) is 9.59 Å². The van der Waals surface area contributed by atoms with E-state index in [1.54, 1.807) is 6.07 Å². The van der Waals surface area contributed by atoms with Gasteiger partial charge in [-0.1, -0.05) is 6.07 Å². The molecule has 2 amide bonds. The van der Waals surface area contributed by atoms with Crippen LogP contribution in [0.25, 0.3) is 0 Å². The van der Waals surface area contributed by atoms with Gasteiger partial charge in [-0.3, -0.25) is 14.5 Å². The first-order chi connectivity index (χ1) is 9.52. The molecule has 0 aromatic heterocycles. The van der Waals surface area contributed by atoms with Crippen LogP contribution in [0.4, 0.5) is 0 Å². The van der Waals surface area contributed by atoms with Crippen molar-refractivity contribution in [2.24, 2.45) is 0 Å². The van der Waals surface area contributed by atoms with Crippen molar-refractivity contribution in [1.82, 2.24) is 10.2 Å². The second kappa shape index (κ2) is 5.85. The van der Waals surface area contributed by atoms with E-state index >= 15 is 0 Å². The van der Waals surface area contributed by atoms with Crippen LogP contribution >= 0.6 is 0 Å². The Labute approximate surface area is 118 Å². The lowest BCUT2D eigenvalue weighted by atomic mass is 10.0. The summed E-state index contributed by atoms with van der Waals surface area (Å²) in [6, 6.07) is 7.27. The van der Waals surface area contributed by atoms with Crippen LogP contribution in [0, 0.1) is 18.3 Å². The molecule has 1 saturated heterocycles. The zero-order chi connectivity index (χ0) is 14.7. The van der Waals surface area contributed by atoms with Gasteiger partial charge < -0.3 is 5.32 Å². The van der Waals surface area contributed by atoms with Crippen LogP contribution in [0.3, 0.4) is 0 Å². The topological polar surface area (TPSA) is 73.2 Å². The molecule has 1 aromatic rings. The third-order valence-corrected chi connectivity index (χ3v) is 3.66. The molecule has 1 aliphatic rings. The highest BCUT2D eigenvalue weighted by molar-refractivity contribution is 6.00. The summed E-state index contributed by atoms with van der Waals surface area (Å²) >= 11 is 0. The number of amides is 2. The quantitative estimate of drug-likeness (QED) is 0.836. The Morgan fingerprint density at radius 2 is 2.20 bits per heavy atom. The lowest BCUT2D eigenvalue weighted by Gasteiger charge is -2.28. The average molecular weight is 271 g/mol. The van der Waals surface area contributed by atoms with Crippen molar-refractivity contribution in [3.8, 4) is 6.07 Å². The monoisotopic (exact) mass is 271 g/mol. The number of likely N-dealkylation sites (tertiary alicyclic amines) is 1. The Morgan fingerprint density at radius 3 is 2.85 bits per heavy atom. The van der Waals surface area contributed by atoms with E-state index in [1.165, 1.54) is 11.9 Å².